The number of thiazole rings is 1. The minimum Gasteiger partial charge on any atom is -0.497 e. The first kappa shape index (κ1) is 25.4. The monoisotopic (exact) mass is 509 g/mol. The van der Waals surface area contributed by atoms with Crippen molar-refractivity contribution in [1.82, 2.24) is 20.6 Å². The fraction of sp³-hybridized carbons (Fsp3) is 0.364. The first-order chi connectivity index (χ1) is 16.2. The number of anilines is 1. The van der Waals surface area contributed by atoms with Crippen LogP contribution in [0.4, 0.5) is 9.52 Å². The van der Waals surface area contributed by atoms with E-state index >= 15 is 4.39 Å². The highest BCUT2D eigenvalue weighted by Crippen LogP contribution is 2.35. The molecule has 0 bridgehead atoms. The first-order valence-corrected chi connectivity index (χ1v) is 11.5. The molecule has 0 aromatic carbocycles. The Balaban J connectivity index is 1.77. The van der Waals surface area contributed by atoms with E-state index in [2.05, 4.69) is 27.2 Å². The van der Waals surface area contributed by atoms with Crippen LogP contribution in [-0.4, -0.2) is 66.4 Å². The van der Waals surface area contributed by atoms with Gasteiger partial charge in [0.1, 0.15) is 28.2 Å². The van der Waals surface area contributed by atoms with E-state index in [1.165, 1.54) is 13.3 Å². The number of rotatable bonds is 8. The summed E-state index contributed by atoms with van der Waals surface area (Å²) in [5.74, 6) is -1.16. The molecule has 1 fully saturated rings. The molecular weight excluding hydrogens is 485 g/mol. The number of piperidine rings is 1. The van der Waals surface area contributed by atoms with E-state index in [0.717, 1.165) is 11.3 Å². The number of methoxy groups -OCH3 is 1. The summed E-state index contributed by atoms with van der Waals surface area (Å²) in [6.45, 7) is 5.69. The maximum Gasteiger partial charge on any atom is 0.348 e. The van der Waals surface area contributed by atoms with Crippen LogP contribution in [0.3, 0.4) is 0 Å². The van der Waals surface area contributed by atoms with Gasteiger partial charge in [0.2, 0.25) is 0 Å². The van der Waals surface area contributed by atoms with Gasteiger partial charge in [-0.25, -0.2) is 14.2 Å². The molecule has 3 heterocycles. The summed E-state index contributed by atoms with van der Waals surface area (Å²) in [4.78, 5) is 34.7. The number of amides is 1. The van der Waals surface area contributed by atoms with E-state index in [-0.39, 0.29) is 27.8 Å². The number of nitrogens with one attached hydrogen (secondary N) is 2. The lowest BCUT2D eigenvalue weighted by Crippen LogP contribution is -2.53. The molecule has 1 aliphatic heterocycles. The Labute approximate surface area is 205 Å². The fourth-order valence-electron chi connectivity index (χ4n) is 3.45. The van der Waals surface area contributed by atoms with Crippen LogP contribution in [0.15, 0.2) is 41.2 Å². The predicted octanol–water partition coefficient (Wildman–Crippen LogP) is 3.19. The molecular formula is C22H25ClFN5O4S. The highest BCUT2D eigenvalue weighted by atomic mass is 35.5. The number of carbonyl (C=O) groups is 2. The summed E-state index contributed by atoms with van der Waals surface area (Å²) in [5, 5.41) is 15.6. The molecule has 0 saturated carbocycles. The minimum absolute atomic E-state index is 0.000163. The number of hydrogen-bond acceptors (Lipinski definition) is 8. The van der Waals surface area contributed by atoms with Gasteiger partial charge in [-0.2, -0.15) is 0 Å². The zero-order chi connectivity index (χ0) is 25.0. The number of pyridine rings is 1. The standard InChI is InChI=1S/C22H25ClFN5O4S/c1-11(2)16(23)18(25-3)20(30)27-14-6-8-29(10-13(14)24)22-28-17(19(34-22)21(31)32)15-9-12(33-4)5-7-26-15/h5,7,9,13-14,25H,1,6,8,10H2,2-4H3,(H,27,30)(H,31,32)/b18-16+/t13-,14+/m0/s1. The Morgan fingerprint density at radius 3 is 2.76 bits per heavy atom. The first-order valence-electron chi connectivity index (χ1n) is 10.3. The Kier molecular flexibility index (Phi) is 8.11. The van der Waals surface area contributed by atoms with Crippen molar-refractivity contribution < 1.29 is 23.8 Å². The molecule has 2 atom stereocenters. The van der Waals surface area contributed by atoms with Crippen molar-refractivity contribution in [3.8, 4) is 17.1 Å². The molecule has 3 rings (SSSR count). The van der Waals surface area contributed by atoms with Crippen LogP contribution < -0.4 is 20.3 Å². The quantitative estimate of drug-likeness (QED) is 0.367. The topological polar surface area (TPSA) is 117 Å². The summed E-state index contributed by atoms with van der Waals surface area (Å²) in [5.41, 5.74) is 1.16. The molecule has 0 spiro atoms. The summed E-state index contributed by atoms with van der Waals surface area (Å²) < 4.78 is 20.2. The number of carboxylic acid groups (broad SMARTS) is 1. The zero-order valence-corrected chi connectivity index (χ0v) is 20.5. The fourth-order valence-corrected chi connectivity index (χ4v) is 4.58. The van der Waals surface area contributed by atoms with E-state index in [0.29, 0.717) is 35.1 Å². The summed E-state index contributed by atoms with van der Waals surface area (Å²) >= 11 is 7.08. The highest BCUT2D eigenvalue weighted by Gasteiger charge is 2.33. The number of aromatic nitrogens is 2. The third-order valence-corrected chi connectivity index (χ3v) is 6.84. The lowest BCUT2D eigenvalue weighted by Gasteiger charge is -2.35. The third-order valence-electron chi connectivity index (χ3n) is 5.22. The maximum absolute atomic E-state index is 15.0. The number of ether oxygens (including phenoxy) is 1. The van der Waals surface area contributed by atoms with Crippen molar-refractivity contribution in [2.75, 3.05) is 32.1 Å². The van der Waals surface area contributed by atoms with Gasteiger partial charge in [0.05, 0.1) is 30.4 Å². The number of allylic oxidation sites excluding steroid dienone is 2. The lowest BCUT2D eigenvalue weighted by molar-refractivity contribution is -0.119. The number of halogens is 2. The number of carboxylic acids is 1. The van der Waals surface area contributed by atoms with Crippen LogP contribution in [0.25, 0.3) is 11.4 Å². The Morgan fingerprint density at radius 2 is 2.18 bits per heavy atom. The average molecular weight is 510 g/mol. The van der Waals surface area contributed by atoms with Crippen LogP contribution in [0.2, 0.25) is 0 Å². The number of alkyl halides is 1. The lowest BCUT2D eigenvalue weighted by atomic mass is 10.0. The van der Waals surface area contributed by atoms with Crippen molar-refractivity contribution >= 4 is 39.9 Å². The van der Waals surface area contributed by atoms with Crippen LogP contribution in [0.5, 0.6) is 5.75 Å². The van der Waals surface area contributed by atoms with Gasteiger partial charge < -0.3 is 25.4 Å². The summed E-state index contributed by atoms with van der Waals surface area (Å²) in [6.07, 6.45) is 0.386. The van der Waals surface area contributed by atoms with Crippen LogP contribution >= 0.6 is 22.9 Å². The molecule has 2 aromatic rings. The molecule has 0 aliphatic carbocycles. The van der Waals surface area contributed by atoms with Crippen molar-refractivity contribution in [2.45, 2.75) is 25.6 Å². The number of nitrogens with zero attached hydrogens (tertiary/aromatic N) is 3. The molecule has 3 N–H and O–H groups in total. The maximum atomic E-state index is 15.0. The summed E-state index contributed by atoms with van der Waals surface area (Å²) in [7, 11) is 3.04. The normalized spacial score (nSPS) is 18.7. The van der Waals surface area contributed by atoms with E-state index in [1.807, 2.05) is 0 Å². The van der Waals surface area contributed by atoms with Crippen LogP contribution in [0.1, 0.15) is 23.0 Å². The number of likely N-dealkylation sites (N-methyl/N-ethyl adjacent to an activating group) is 1. The molecule has 0 unspecified atom stereocenters. The molecule has 1 amide bonds. The Hall–Kier alpha value is -3.18. The SMILES string of the molecule is C=C(C)/C(Cl)=C(\NC)C(=O)N[C@@H]1CCN(c2nc(-c3cc(OC)ccn3)c(C(=O)O)s2)C[C@@H]1F. The third kappa shape index (κ3) is 5.48. The molecule has 1 saturated heterocycles. The number of aromatic carboxylic acids is 1. The van der Waals surface area contributed by atoms with Gasteiger partial charge in [-0.05, 0) is 25.0 Å². The van der Waals surface area contributed by atoms with Gasteiger partial charge in [-0.3, -0.25) is 9.78 Å². The molecule has 1 aliphatic rings. The van der Waals surface area contributed by atoms with E-state index < -0.39 is 24.1 Å². The smallest absolute Gasteiger partial charge is 0.348 e. The van der Waals surface area contributed by atoms with Crippen molar-refractivity contribution in [3.63, 3.8) is 0 Å². The molecule has 34 heavy (non-hydrogen) atoms. The highest BCUT2D eigenvalue weighted by molar-refractivity contribution is 7.17. The molecule has 182 valence electrons. The average Bonchev–Trinajstić information content (AvgIpc) is 3.27. The van der Waals surface area contributed by atoms with Crippen molar-refractivity contribution in [2.24, 2.45) is 0 Å². The number of carbonyl (C=O) groups excluding carboxylic acids is 1. The van der Waals surface area contributed by atoms with Crippen molar-refractivity contribution in [3.05, 3.63) is 46.1 Å². The van der Waals surface area contributed by atoms with Crippen LogP contribution in [-0.2, 0) is 4.79 Å². The second-order valence-electron chi connectivity index (χ2n) is 7.61. The summed E-state index contributed by atoms with van der Waals surface area (Å²) in [6, 6.07) is 2.50. The molecule has 12 heteroatoms. The van der Waals surface area contributed by atoms with Gasteiger partial charge in [0.15, 0.2) is 5.13 Å². The Bertz CT molecular complexity index is 1140. The predicted molar refractivity (Wildman–Crippen MR) is 129 cm³/mol. The van der Waals surface area contributed by atoms with Gasteiger partial charge >= 0.3 is 5.97 Å². The molecule has 0 radical (unpaired) electrons. The Morgan fingerprint density at radius 1 is 1.44 bits per heavy atom. The van der Waals surface area contributed by atoms with Gasteiger partial charge in [-0.1, -0.05) is 29.5 Å². The van der Waals surface area contributed by atoms with Crippen LogP contribution in [0, 0.1) is 0 Å². The van der Waals surface area contributed by atoms with Crippen molar-refractivity contribution in [1.29, 1.82) is 0 Å². The van der Waals surface area contributed by atoms with E-state index in [9.17, 15) is 14.7 Å². The van der Waals surface area contributed by atoms with E-state index in [1.54, 1.807) is 31.0 Å². The van der Waals surface area contributed by atoms with Gasteiger partial charge in [0, 0.05) is 25.9 Å². The number of hydrogen-bond donors (Lipinski definition) is 3. The van der Waals surface area contributed by atoms with Gasteiger partial charge in [-0.15, -0.1) is 0 Å². The van der Waals surface area contributed by atoms with E-state index in [4.69, 9.17) is 16.3 Å². The second kappa shape index (κ2) is 10.8. The molecule has 2 aromatic heterocycles. The van der Waals surface area contributed by atoms with Gasteiger partial charge in [0.25, 0.3) is 5.91 Å². The molecule has 9 nitrogen and oxygen atoms in total. The zero-order valence-electron chi connectivity index (χ0n) is 18.9. The second-order valence-corrected chi connectivity index (χ2v) is 8.97. The largest absolute Gasteiger partial charge is 0.497 e. The minimum atomic E-state index is -1.41.